The molecular formula is C18H9ClF4N4O. The van der Waals surface area contributed by atoms with Crippen LogP contribution in [0.5, 0.6) is 0 Å². The zero-order chi connectivity index (χ0) is 19.9. The molecule has 2 aromatic heterocycles. The van der Waals surface area contributed by atoms with Crippen molar-refractivity contribution >= 4 is 11.6 Å². The van der Waals surface area contributed by atoms with Gasteiger partial charge < -0.3 is 4.52 Å². The van der Waals surface area contributed by atoms with Crippen LogP contribution < -0.4 is 0 Å². The molecule has 0 spiro atoms. The molecule has 0 saturated heterocycles. The van der Waals surface area contributed by atoms with Crippen LogP contribution >= 0.6 is 11.6 Å². The summed E-state index contributed by atoms with van der Waals surface area (Å²) in [5, 5.41) is 6.90. The van der Waals surface area contributed by atoms with Gasteiger partial charge in [-0.05, 0) is 36.4 Å². The fourth-order valence-corrected chi connectivity index (χ4v) is 2.88. The summed E-state index contributed by atoms with van der Waals surface area (Å²) in [6, 6.07) is 13.2. The van der Waals surface area contributed by atoms with Crippen molar-refractivity contribution in [2.75, 3.05) is 0 Å². The molecule has 5 nitrogen and oxygen atoms in total. The van der Waals surface area contributed by atoms with Gasteiger partial charge in [-0.2, -0.15) is 23.3 Å². The molecule has 0 atom stereocenters. The Labute approximate surface area is 160 Å². The van der Waals surface area contributed by atoms with E-state index in [-0.39, 0.29) is 16.9 Å². The third kappa shape index (κ3) is 3.24. The molecule has 0 unspecified atom stereocenters. The third-order valence-electron chi connectivity index (χ3n) is 3.84. The number of rotatable bonds is 3. The zero-order valence-corrected chi connectivity index (χ0v) is 14.5. The lowest BCUT2D eigenvalue weighted by Crippen LogP contribution is -2.08. The normalized spacial score (nSPS) is 11.8. The first-order chi connectivity index (χ1) is 13.3. The first-order valence-corrected chi connectivity index (χ1v) is 8.23. The minimum absolute atomic E-state index is 0.0772. The van der Waals surface area contributed by atoms with Crippen LogP contribution in [-0.4, -0.2) is 19.9 Å². The highest BCUT2D eigenvalue weighted by molar-refractivity contribution is 6.32. The van der Waals surface area contributed by atoms with Gasteiger partial charge in [-0.3, -0.25) is 0 Å². The van der Waals surface area contributed by atoms with Crippen LogP contribution in [0.4, 0.5) is 17.6 Å². The molecule has 0 N–H and O–H groups in total. The largest absolute Gasteiger partial charge is 0.435 e. The van der Waals surface area contributed by atoms with Crippen molar-refractivity contribution < 1.29 is 22.1 Å². The van der Waals surface area contributed by atoms with Crippen molar-refractivity contribution in [3.63, 3.8) is 0 Å². The Morgan fingerprint density at radius 1 is 0.964 bits per heavy atom. The van der Waals surface area contributed by atoms with Crippen molar-refractivity contribution in [2.45, 2.75) is 6.18 Å². The minimum Gasteiger partial charge on any atom is -0.334 e. The topological polar surface area (TPSA) is 56.7 Å². The summed E-state index contributed by atoms with van der Waals surface area (Å²) in [5.41, 5.74) is -1.06. The number of alkyl halides is 3. The average Bonchev–Trinajstić information content (AvgIpc) is 3.27. The minimum atomic E-state index is -4.80. The standard InChI is InChI=1S/C18H9ClF4N4O/c19-15-13(16-24-17(28-26-16)10-6-8-11(20)9-7-10)14(18(21,22)23)25-27(15)12-4-2-1-3-5-12/h1-9H. The molecule has 2 aromatic carbocycles. The van der Waals surface area contributed by atoms with Crippen LogP contribution in [0.1, 0.15) is 5.69 Å². The maximum absolute atomic E-state index is 13.6. The number of para-hydroxylation sites is 1. The number of aromatic nitrogens is 4. The lowest BCUT2D eigenvalue weighted by atomic mass is 10.2. The zero-order valence-electron chi connectivity index (χ0n) is 13.8. The van der Waals surface area contributed by atoms with Crippen molar-refractivity contribution in [2.24, 2.45) is 0 Å². The van der Waals surface area contributed by atoms with E-state index in [2.05, 4.69) is 15.2 Å². The highest BCUT2D eigenvalue weighted by Crippen LogP contribution is 2.40. The van der Waals surface area contributed by atoms with E-state index in [1.54, 1.807) is 30.3 Å². The van der Waals surface area contributed by atoms with E-state index >= 15 is 0 Å². The third-order valence-corrected chi connectivity index (χ3v) is 4.19. The predicted octanol–water partition coefficient (Wildman–Crippen LogP) is 5.40. The van der Waals surface area contributed by atoms with Crippen molar-refractivity contribution in [3.05, 3.63) is 71.3 Å². The first-order valence-electron chi connectivity index (χ1n) is 7.86. The quantitative estimate of drug-likeness (QED) is 0.426. The first kappa shape index (κ1) is 18.2. The molecule has 4 aromatic rings. The summed E-state index contributed by atoms with van der Waals surface area (Å²) in [6.07, 6.45) is -4.80. The molecule has 0 aliphatic heterocycles. The summed E-state index contributed by atoms with van der Waals surface area (Å²) >= 11 is 6.21. The van der Waals surface area contributed by atoms with Gasteiger partial charge in [-0.15, -0.1) is 0 Å². The molecule has 0 fully saturated rings. The Bertz CT molecular complexity index is 1120. The molecule has 4 rings (SSSR count). The molecule has 0 bridgehead atoms. The Morgan fingerprint density at radius 2 is 1.64 bits per heavy atom. The van der Waals surface area contributed by atoms with E-state index < -0.39 is 23.3 Å². The highest BCUT2D eigenvalue weighted by Gasteiger charge is 2.41. The number of nitrogens with zero attached hydrogens (tertiary/aromatic N) is 4. The number of halogens is 5. The van der Waals surface area contributed by atoms with Crippen LogP contribution in [-0.2, 0) is 6.18 Å². The molecule has 0 saturated carbocycles. The summed E-state index contributed by atoms with van der Waals surface area (Å²) in [5.74, 6) is -0.930. The van der Waals surface area contributed by atoms with Crippen LogP contribution in [0.15, 0.2) is 59.1 Å². The van der Waals surface area contributed by atoms with Crippen molar-refractivity contribution in [3.8, 4) is 28.5 Å². The molecule has 0 amide bonds. The SMILES string of the molecule is Fc1ccc(-c2nc(-c3c(C(F)(F)F)nn(-c4ccccc4)c3Cl)no2)cc1. The molecule has 2 heterocycles. The van der Waals surface area contributed by atoms with Gasteiger partial charge in [0.15, 0.2) is 5.69 Å². The van der Waals surface area contributed by atoms with Crippen LogP contribution in [0, 0.1) is 5.82 Å². The second kappa shape index (κ2) is 6.75. The molecular weight excluding hydrogens is 400 g/mol. The van der Waals surface area contributed by atoms with E-state index in [0.29, 0.717) is 11.3 Å². The summed E-state index contributed by atoms with van der Waals surface area (Å²) in [4.78, 5) is 3.98. The summed E-state index contributed by atoms with van der Waals surface area (Å²) in [6.45, 7) is 0. The van der Waals surface area contributed by atoms with Crippen molar-refractivity contribution in [1.29, 1.82) is 0 Å². The van der Waals surface area contributed by atoms with Gasteiger partial charge in [-0.1, -0.05) is 35.0 Å². The fourth-order valence-electron chi connectivity index (χ4n) is 2.57. The smallest absolute Gasteiger partial charge is 0.334 e. The fraction of sp³-hybridized carbons (Fsp3) is 0.0556. The maximum atomic E-state index is 13.6. The monoisotopic (exact) mass is 408 g/mol. The van der Waals surface area contributed by atoms with E-state index in [4.69, 9.17) is 16.1 Å². The van der Waals surface area contributed by atoms with Gasteiger partial charge in [0.05, 0.1) is 11.3 Å². The van der Waals surface area contributed by atoms with Gasteiger partial charge in [-0.25, -0.2) is 9.07 Å². The Hall–Kier alpha value is -3.20. The van der Waals surface area contributed by atoms with E-state index in [1.807, 2.05) is 0 Å². The van der Waals surface area contributed by atoms with Gasteiger partial charge in [0, 0.05) is 5.56 Å². The predicted molar refractivity (Wildman–Crippen MR) is 92.3 cm³/mol. The van der Waals surface area contributed by atoms with E-state index in [1.165, 1.54) is 24.3 Å². The second-order valence-electron chi connectivity index (χ2n) is 5.69. The molecule has 28 heavy (non-hydrogen) atoms. The van der Waals surface area contributed by atoms with Crippen LogP contribution in [0.3, 0.4) is 0 Å². The Kier molecular flexibility index (Phi) is 4.38. The van der Waals surface area contributed by atoms with E-state index in [9.17, 15) is 17.6 Å². The van der Waals surface area contributed by atoms with Gasteiger partial charge in [0.25, 0.3) is 5.89 Å². The molecule has 0 aliphatic carbocycles. The molecule has 0 aliphatic rings. The summed E-state index contributed by atoms with van der Waals surface area (Å²) < 4.78 is 59.7. The molecule has 0 radical (unpaired) electrons. The number of hydrogen-bond acceptors (Lipinski definition) is 4. The lowest BCUT2D eigenvalue weighted by molar-refractivity contribution is -0.140. The Morgan fingerprint density at radius 3 is 2.29 bits per heavy atom. The Balaban J connectivity index is 1.85. The van der Waals surface area contributed by atoms with Gasteiger partial charge in [0.1, 0.15) is 11.0 Å². The van der Waals surface area contributed by atoms with Crippen LogP contribution in [0.25, 0.3) is 28.5 Å². The average molecular weight is 409 g/mol. The van der Waals surface area contributed by atoms with Gasteiger partial charge in [0.2, 0.25) is 5.82 Å². The highest BCUT2D eigenvalue weighted by atomic mass is 35.5. The van der Waals surface area contributed by atoms with Crippen LogP contribution in [0.2, 0.25) is 5.15 Å². The van der Waals surface area contributed by atoms with Gasteiger partial charge >= 0.3 is 6.18 Å². The summed E-state index contributed by atoms with van der Waals surface area (Å²) in [7, 11) is 0. The lowest BCUT2D eigenvalue weighted by Gasteiger charge is -2.03. The number of hydrogen-bond donors (Lipinski definition) is 0. The second-order valence-corrected chi connectivity index (χ2v) is 6.05. The maximum Gasteiger partial charge on any atom is 0.435 e. The molecule has 142 valence electrons. The van der Waals surface area contributed by atoms with Crippen molar-refractivity contribution in [1.82, 2.24) is 19.9 Å². The number of benzene rings is 2. The molecule has 10 heteroatoms. The van der Waals surface area contributed by atoms with E-state index in [0.717, 1.165) is 4.68 Å².